The third-order valence-electron chi connectivity index (χ3n) is 6.10. The number of aryl methyl sites for hydroxylation is 1. The summed E-state index contributed by atoms with van der Waals surface area (Å²) in [7, 11) is 0. The quantitative estimate of drug-likeness (QED) is 0.265. The lowest BCUT2D eigenvalue weighted by Crippen LogP contribution is -2.52. The zero-order valence-electron chi connectivity index (χ0n) is 20.7. The number of ether oxygens (including phenoxy) is 1. The molecule has 3 aromatic rings. The molecule has 0 radical (unpaired) electrons. The summed E-state index contributed by atoms with van der Waals surface area (Å²) in [4.78, 5) is 44.9. The average molecular weight is 548 g/mol. The van der Waals surface area contributed by atoms with Gasteiger partial charge in [-0.3, -0.25) is 14.5 Å². The van der Waals surface area contributed by atoms with Crippen LogP contribution in [0.5, 0.6) is 0 Å². The lowest BCUT2D eigenvalue weighted by molar-refractivity contribution is -0.143. The van der Waals surface area contributed by atoms with E-state index in [-0.39, 0.29) is 24.2 Å². The Morgan fingerprint density at radius 2 is 2.06 bits per heavy atom. The fourth-order valence-electron chi connectivity index (χ4n) is 4.21. The van der Waals surface area contributed by atoms with Crippen molar-refractivity contribution < 1.29 is 14.3 Å². The number of thiophene rings is 1. The van der Waals surface area contributed by atoms with Crippen molar-refractivity contribution in [3.05, 3.63) is 44.4 Å². The van der Waals surface area contributed by atoms with Crippen LogP contribution >= 0.6 is 34.3 Å². The number of piperazine rings is 1. The zero-order valence-corrected chi connectivity index (χ0v) is 23.1. The molecule has 0 spiro atoms. The molecule has 192 valence electrons. The van der Waals surface area contributed by atoms with E-state index in [9.17, 15) is 9.59 Å². The van der Waals surface area contributed by atoms with Gasteiger partial charge in [0.1, 0.15) is 16.5 Å². The number of nitrogens with zero attached hydrogens (tertiary/aromatic N) is 5. The molecule has 11 heteroatoms. The van der Waals surface area contributed by atoms with E-state index in [2.05, 4.69) is 33.6 Å². The van der Waals surface area contributed by atoms with Crippen molar-refractivity contribution in [2.75, 3.05) is 37.7 Å². The van der Waals surface area contributed by atoms with Crippen LogP contribution in [-0.2, 0) is 22.4 Å². The van der Waals surface area contributed by atoms with Crippen molar-refractivity contribution in [3.8, 4) is 10.6 Å². The number of hydrogen-bond donors (Lipinski definition) is 0. The first-order chi connectivity index (χ1) is 17.4. The Morgan fingerprint density at radius 1 is 1.22 bits per heavy atom. The highest BCUT2D eigenvalue weighted by molar-refractivity contribution is 7.15. The van der Waals surface area contributed by atoms with Gasteiger partial charge in [-0.2, -0.15) is 0 Å². The predicted octanol–water partition coefficient (Wildman–Crippen LogP) is 4.77. The summed E-state index contributed by atoms with van der Waals surface area (Å²) in [6, 6.07) is 2.18. The van der Waals surface area contributed by atoms with E-state index in [0.29, 0.717) is 30.3 Å². The summed E-state index contributed by atoms with van der Waals surface area (Å²) >= 11 is 9.21. The molecule has 0 bridgehead atoms. The van der Waals surface area contributed by atoms with Gasteiger partial charge in [0.2, 0.25) is 0 Å². The lowest BCUT2D eigenvalue weighted by Gasteiger charge is -2.40. The molecular weight excluding hydrogens is 518 g/mol. The smallest absolute Gasteiger partial charge is 0.307 e. The Kier molecular flexibility index (Phi) is 9.05. The van der Waals surface area contributed by atoms with Crippen LogP contribution in [0.1, 0.15) is 47.6 Å². The number of hydrogen-bond acceptors (Lipinski definition) is 10. The van der Waals surface area contributed by atoms with Gasteiger partial charge in [0, 0.05) is 42.5 Å². The van der Waals surface area contributed by atoms with Gasteiger partial charge in [0.05, 0.1) is 47.4 Å². The highest BCUT2D eigenvalue weighted by Gasteiger charge is 2.25. The monoisotopic (exact) mass is 547 g/mol. The number of rotatable bonds is 10. The second-order valence-electron chi connectivity index (χ2n) is 8.61. The number of halogens is 1. The molecule has 0 N–H and O–H groups in total. The summed E-state index contributed by atoms with van der Waals surface area (Å²) in [6.45, 7) is 9.52. The highest BCUT2D eigenvalue weighted by atomic mass is 35.5. The fourth-order valence-corrected chi connectivity index (χ4v) is 6.38. The minimum absolute atomic E-state index is 0.0987. The van der Waals surface area contributed by atoms with Gasteiger partial charge in [-0.25, -0.2) is 15.0 Å². The highest BCUT2D eigenvalue weighted by Crippen LogP contribution is 2.35. The second-order valence-corrected chi connectivity index (χ2v) is 11.1. The lowest BCUT2D eigenvalue weighted by atomic mass is 10.2. The van der Waals surface area contributed by atoms with Crippen LogP contribution in [-0.4, -0.2) is 70.4 Å². The first-order valence-electron chi connectivity index (χ1n) is 12.1. The second kappa shape index (κ2) is 12.2. The first-order valence-corrected chi connectivity index (χ1v) is 14.2. The SMILES string of the molecule is CCOC(=O)CCN1CCN(c2cnc(C(=O)Cc3nc(-c4cc(Cl)cs4)c(CC)s3)cn2)C[C@@H]1C. The van der Waals surface area contributed by atoms with Crippen LogP contribution in [0.25, 0.3) is 10.6 Å². The molecular formula is C25H30ClN5O3S2. The Morgan fingerprint density at radius 3 is 2.69 bits per heavy atom. The molecule has 4 heterocycles. The van der Waals surface area contributed by atoms with E-state index in [1.807, 2.05) is 18.4 Å². The summed E-state index contributed by atoms with van der Waals surface area (Å²) in [5.74, 6) is 0.496. The van der Waals surface area contributed by atoms with Crippen LogP contribution in [0.15, 0.2) is 23.8 Å². The Bertz CT molecular complexity index is 1200. The number of aromatic nitrogens is 3. The summed E-state index contributed by atoms with van der Waals surface area (Å²) in [6.07, 6.45) is 4.67. The number of carbonyl (C=O) groups is 2. The molecule has 3 aromatic heterocycles. The molecule has 36 heavy (non-hydrogen) atoms. The largest absolute Gasteiger partial charge is 0.466 e. The van der Waals surface area contributed by atoms with E-state index in [1.54, 1.807) is 35.1 Å². The Hall–Kier alpha value is -2.40. The average Bonchev–Trinajstić information content (AvgIpc) is 3.49. The van der Waals surface area contributed by atoms with Gasteiger partial charge in [0.25, 0.3) is 0 Å². The molecule has 0 saturated carbocycles. The van der Waals surface area contributed by atoms with Crippen molar-refractivity contribution in [3.63, 3.8) is 0 Å². The molecule has 1 saturated heterocycles. The van der Waals surface area contributed by atoms with Crippen LogP contribution in [0.2, 0.25) is 5.02 Å². The molecule has 1 atom stereocenters. The van der Waals surface area contributed by atoms with Gasteiger partial charge in [-0.1, -0.05) is 18.5 Å². The van der Waals surface area contributed by atoms with Crippen molar-refractivity contribution in [1.29, 1.82) is 0 Å². The Balaban J connectivity index is 1.34. The number of anilines is 1. The van der Waals surface area contributed by atoms with Crippen LogP contribution in [0.3, 0.4) is 0 Å². The van der Waals surface area contributed by atoms with Crippen LogP contribution < -0.4 is 4.90 Å². The third-order valence-corrected chi connectivity index (χ3v) is 8.58. The van der Waals surface area contributed by atoms with Gasteiger partial charge in [-0.15, -0.1) is 22.7 Å². The van der Waals surface area contributed by atoms with Crippen molar-refractivity contribution >= 4 is 51.8 Å². The molecule has 1 aliphatic heterocycles. The van der Waals surface area contributed by atoms with Crippen LogP contribution in [0.4, 0.5) is 5.82 Å². The topological polar surface area (TPSA) is 88.5 Å². The third kappa shape index (κ3) is 6.47. The summed E-state index contributed by atoms with van der Waals surface area (Å²) < 4.78 is 5.03. The summed E-state index contributed by atoms with van der Waals surface area (Å²) in [5.41, 5.74) is 1.26. The van der Waals surface area contributed by atoms with E-state index in [4.69, 9.17) is 21.3 Å². The van der Waals surface area contributed by atoms with E-state index in [0.717, 1.165) is 52.3 Å². The minimum atomic E-state index is -0.158. The maximum atomic E-state index is 12.9. The molecule has 0 aliphatic carbocycles. The number of carbonyl (C=O) groups excluding carboxylic acids is 2. The summed E-state index contributed by atoms with van der Waals surface area (Å²) in [5, 5.41) is 3.36. The molecule has 0 amide bonds. The van der Waals surface area contributed by atoms with Crippen molar-refractivity contribution in [1.82, 2.24) is 19.9 Å². The number of Topliss-reactive ketones (excluding diaryl/α,β-unsaturated/α-hetero) is 1. The van der Waals surface area contributed by atoms with Gasteiger partial charge >= 0.3 is 5.97 Å². The van der Waals surface area contributed by atoms with Gasteiger partial charge < -0.3 is 9.64 Å². The first kappa shape index (κ1) is 26.7. The molecule has 1 aliphatic rings. The normalized spacial score (nSPS) is 16.3. The van der Waals surface area contributed by atoms with Gasteiger partial charge in [0.15, 0.2) is 5.78 Å². The number of esters is 1. The molecule has 4 rings (SSSR count). The van der Waals surface area contributed by atoms with E-state index >= 15 is 0 Å². The standard InChI is InChI=1S/C25H30ClN5O3S2/c1-4-20-25(21-10-17(26)15-35-21)29-23(36-20)11-19(32)18-12-28-22(13-27-18)31-9-8-30(16(3)14-31)7-6-24(33)34-5-2/h10,12-13,15-16H,4-9,11,14H2,1-3H3/t16-/m0/s1. The molecule has 0 unspecified atom stereocenters. The minimum Gasteiger partial charge on any atom is -0.466 e. The van der Waals surface area contributed by atoms with Crippen molar-refractivity contribution in [2.45, 2.75) is 46.1 Å². The van der Waals surface area contributed by atoms with Crippen molar-refractivity contribution in [2.24, 2.45) is 0 Å². The fraction of sp³-hybridized carbons (Fsp3) is 0.480. The maximum Gasteiger partial charge on any atom is 0.307 e. The van der Waals surface area contributed by atoms with E-state index in [1.165, 1.54) is 0 Å². The van der Waals surface area contributed by atoms with Crippen LogP contribution in [0, 0.1) is 0 Å². The van der Waals surface area contributed by atoms with E-state index < -0.39 is 0 Å². The Labute approximate surface area is 224 Å². The predicted molar refractivity (Wildman–Crippen MR) is 144 cm³/mol. The van der Waals surface area contributed by atoms with Gasteiger partial charge in [-0.05, 0) is 26.3 Å². The molecule has 1 fully saturated rings. The molecule has 8 nitrogen and oxygen atoms in total. The molecule has 0 aromatic carbocycles. The zero-order chi connectivity index (χ0) is 25.7. The number of thiazole rings is 1. The number of ketones is 1. The maximum absolute atomic E-state index is 12.9.